The Kier molecular flexibility index (Phi) is 6.13. The number of aliphatic carboxylic acids is 1. The van der Waals surface area contributed by atoms with Gasteiger partial charge in [-0.05, 0) is 67.4 Å². The summed E-state index contributed by atoms with van der Waals surface area (Å²) in [6.07, 6.45) is 5.12. The van der Waals surface area contributed by atoms with Gasteiger partial charge in [-0.25, -0.2) is 0 Å². The Morgan fingerprint density at radius 3 is 2.56 bits per heavy atom. The molecule has 5 atom stereocenters. The van der Waals surface area contributed by atoms with Crippen molar-refractivity contribution in [2.24, 2.45) is 22.7 Å². The van der Waals surface area contributed by atoms with Gasteiger partial charge < -0.3 is 20.4 Å². The van der Waals surface area contributed by atoms with Crippen molar-refractivity contribution in [2.75, 3.05) is 13.2 Å². The first-order valence-electron chi connectivity index (χ1n) is 9.20. The zero-order valence-electron chi connectivity index (χ0n) is 15.4. The first kappa shape index (κ1) is 20.1. The van der Waals surface area contributed by atoms with Crippen LogP contribution in [0.2, 0.25) is 0 Å². The Balaban J connectivity index is 2.32. The summed E-state index contributed by atoms with van der Waals surface area (Å²) in [5, 5.41) is 38.9. The van der Waals surface area contributed by atoms with E-state index >= 15 is 0 Å². The lowest BCUT2D eigenvalue weighted by Crippen LogP contribution is -2.56. The van der Waals surface area contributed by atoms with E-state index in [9.17, 15) is 20.1 Å². The molecule has 4 N–H and O–H groups in total. The SMILES string of the molecule is C=C1C(O)CC2[C@](C)(CCC[C@@]2(C)C(=O)O)C1CC/C(=C\CO)CO. The Hall–Kier alpha value is -1.17. The fraction of sp³-hybridized carbons (Fsp3) is 0.750. The van der Waals surface area contributed by atoms with Crippen LogP contribution in [-0.4, -0.2) is 45.7 Å². The van der Waals surface area contributed by atoms with Gasteiger partial charge in [-0.2, -0.15) is 0 Å². The van der Waals surface area contributed by atoms with Gasteiger partial charge >= 0.3 is 5.97 Å². The summed E-state index contributed by atoms with van der Waals surface area (Å²) < 4.78 is 0. The van der Waals surface area contributed by atoms with E-state index in [-0.39, 0.29) is 30.5 Å². The fourth-order valence-electron chi connectivity index (χ4n) is 5.37. The van der Waals surface area contributed by atoms with Crippen molar-refractivity contribution < 1.29 is 25.2 Å². The number of carboxylic acid groups (broad SMARTS) is 1. The molecule has 2 saturated carbocycles. The van der Waals surface area contributed by atoms with E-state index in [1.165, 1.54) is 0 Å². The Morgan fingerprint density at radius 1 is 1.32 bits per heavy atom. The third-order valence-electron chi connectivity index (χ3n) is 6.93. The van der Waals surface area contributed by atoms with Gasteiger partial charge in [0.1, 0.15) is 0 Å². The maximum Gasteiger partial charge on any atom is 0.309 e. The predicted octanol–water partition coefficient (Wildman–Crippen LogP) is 2.51. The standard InChI is InChI=1S/C20H32O5/c1-13-15(6-5-14(12-22)7-10-21)19(2)8-4-9-20(3,18(24)25)17(19)11-16(13)23/h7,15-17,21-23H,1,4-6,8-12H2,2-3H3,(H,24,25)/b14-7+/t15?,16?,17?,19-,20-/m1/s1. The second-order valence-corrected chi connectivity index (χ2v) is 8.26. The summed E-state index contributed by atoms with van der Waals surface area (Å²) in [5.74, 6) is -0.872. The molecule has 0 amide bonds. The predicted molar refractivity (Wildman–Crippen MR) is 95.9 cm³/mol. The molecule has 0 heterocycles. The smallest absolute Gasteiger partial charge is 0.309 e. The number of carbonyl (C=O) groups is 1. The van der Waals surface area contributed by atoms with Crippen molar-refractivity contribution in [2.45, 2.75) is 58.5 Å². The van der Waals surface area contributed by atoms with Crippen molar-refractivity contribution in [3.8, 4) is 0 Å². The third kappa shape index (κ3) is 3.55. The molecule has 5 heteroatoms. The third-order valence-corrected chi connectivity index (χ3v) is 6.93. The van der Waals surface area contributed by atoms with Gasteiger partial charge in [-0.15, -0.1) is 0 Å². The molecule has 2 rings (SSSR count). The highest BCUT2D eigenvalue weighted by Gasteiger charge is 2.59. The first-order chi connectivity index (χ1) is 11.7. The van der Waals surface area contributed by atoms with E-state index in [0.29, 0.717) is 25.7 Å². The number of fused-ring (bicyclic) bond motifs is 1. The molecule has 25 heavy (non-hydrogen) atoms. The molecule has 142 valence electrons. The minimum absolute atomic E-state index is 0.00821. The monoisotopic (exact) mass is 352 g/mol. The summed E-state index contributed by atoms with van der Waals surface area (Å²) in [5.41, 5.74) is 0.511. The zero-order valence-corrected chi connectivity index (χ0v) is 15.4. The highest BCUT2D eigenvalue weighted by molar-refractivity contribution is 5.75. The number of rotatable bonds is 6. The molecule has 0 aromatic carbocycles. The van der Waals surface area contributed by atoms with Crippen molar-refractivity contribution in [3.63, 3.8) is 0 Å². The summed E-state index contributed by atoms with van der Waals surface area (Å²) >= 11 is 0. The number of carboxylic acids is 1. The average molecular weight is 352 g/mol. The Labute approximate surface area is 150 Å². The molecular weight excluding hydrogens is 320 g/mol. The van der Waals surface area contributed by atoms with Gasteiger partial charge in [-0.1, -0.05) is 26.0 Å². The van der Waals surface area contributed by atoms with E-state index in [1.54, 1.807) is 6.08 Å². The summed E-state index contributed by atoms with van der Waals surface area (Å²) in [4.78, 5) is 12.0. The molecule has 0 bridgehead atoms. The Bertz CT molecular complexity index is 554. The molecule has 5 nitrogen and oxygen atoms in total. The van der Waals surface area contributed by atoms with Crippen LogP contribution in [0.15, 0.2) is 23.8 Å². The maximum absolute atomic E-state index is 12.0. The van der Waals surface area contributed by atoms with Gasteiger partial charge in [0.2, 0.25) is 0 Å². The van der Waals surface area contributed by atoms with Gasteiger partial charge in [0.05, 0.1) is 24.7 Å². The van der Waals surface area contributed by atoms with Gasteiger partial charge in [0.25, 0.3) is 0 Å². The Morgan fingerprint density at radius 2 is 2.00 bits per heavy atom. The van der Waals surface area contributed by atoms with E-state index in [1.807, 2.05) is 6.92 Å². The van der Waals surface area contributed by atoms with Crippen LogP contribution in [0, 0.1) is 22.7 Å². The summed E-state index contributed by atoms with van der Waals surface area (Å²) in [6, 6.07) is 0. The average Bonchev–Trinajstić information content (AvgIpc) is 2.56. The maximum atomic E-state index is 12.0. The molecular formula is C20H32O5. The van der Waals surface area contributed by atoms with Crippen LogP contribution in [-0.2, 0) is 4.79 Å². The molecule has 0 aromatic rings. The van der Waals surface area contributed by atoms with Gasteiger partial charge in [-0.3, -0.25) is 4.79 Å². The molecule has 2 aliphatic rings. The van der Waals surface area contributed by atoms with Crippen LogP contribution in [0.25, 0.3) is 0 Å². The van der Waals surface area contributed by atoms with E-state index in [2.05, 4.69) is 13.5 Å². The number of hydrogen-bond acceptors (Lipinski definition) is 4. The normalized spacial score (nSPS) is 39.2. The van der Waals surface area contributed by atoms with Crippen LogP contribution in [0.5, 0.6) is 0 Å². The summed E-state index contributed by atoms with van der Waals surface area (Å²) in [6.45, 7) is 7.88. The second kappa shape index (κ2) is 7.60. The fourth-order valence-corrected chi connectivity index (χ4v) is 5.37. The van der Waals surface area contributed by atoms with Crippen LogP contribution >= 0.6 is 0 Å². The zero-order chi connectivity index (χ0) is 18.8. The lowest BCUT2D eigenvalue weighted by molar-refractivity contribution is -0.167. The highest BCUT2D eigenvalue weighted by atomic mass is 16.4. The highest BCUT2D eigenvalue weighted by Crippen LogP contribution is 2.62. The number of aliphatic hydroxyl groups excluding tert-OH is 3. The lowest BCUT2D eigenvalue weighted by Gasteiger charge is -2.58. The van der Waals surface area contributed by atoms with E-state index in [4.69, 9.17) is 5.11 Å². The largest absolute Gasteiger partial charge is 0.481 e. The molecule has 0 spiro atoms. The van der Waals surface area contributed by atoms with Crippen molar-refractivity contribution in [3.05, 3.63) is 23.8 Å². The lowest BCUT2D eigenvalue weighted by atomic mass is 9.46. The van der Waals surface area contributed by atoms with Crippen LogP contribution in [0.1, 0.15) is 52.4 Å². The number of hydrogen-bond donors (Lipinski definition) is 4. The minimum atomic E-state index is -0.826. The molecule has 0 aromatic heterocycles. The molecule has 0 saturated heterocycles. The summed E-state index contributed by atoms with van der Waals surface area (Å²) in [7, 11) is 0. The van der Waals surface area contributed by atoms with Gasteiger partial charge in [0.15, 0.2) is 0 Å². The topological polar surface area (TPSA) is 98.0 Å². The first-order valence-corrected chi connectivity index (χ1v) is 9.20. The molecule has 2 aliphatic carbocycles. The molecule has 0 radical (unpaired) electrons. The van der Waals surface area contributed by atoms with Crippen LogP contribution in [0.3, 0.4) is 0 Å². The van der Waals surface area contributed by atoms with Crippen molar-refractivity contribution in [1.82, 2.24) is 0 Å². The van der Waals surface area contributed by atoms with E-state index in [0.717, 1.165) is 24.0 Å². The minimum Gasteiger partial charge on any atom is -0.481 e. The van der Waals surface area contributed by atoms with Crippen molar-refractivity contribution in [1.29, 1.82) is 0 Å². The number of aliphatic hydroxyl groups is 3. The van der Waals surface area contributed by atoms with Crippen molar-refractivity contribution >= 4 is 5.97 Å². The molecule has 2 fully saturated rings. The van der Waals surface area contributed by atoms with Crippen LogP contribution in [0.4, 0.5) is 0 Å². The second-order valence-electron chi connectivity index (χ2n) is 8.26. The molecule has 0 aliphatic heterocycles. The quantitative estimate of drug-likeness (QED) is 0.551. The van der Waals surface area contributed by atoms with Gasteiger partial charge in [0, 0.05) is 0 Å². The van der Waals surface area contributed by atoms with Crippen LogP contribution < -0.4 is 0 Å². The van der Waals surface area contributed by atoms with E-state index < -0.39 is 17.5 Å². The molecule has 3 unspecified atom stereocenters.